The van der Waals surface area contributed by atoms with Crippen molar-refractivity contribution in [3.05, 3.63) is 11.9 Å². The first-order chi connectivity index (χ1) is 4.72. The maximum atomic E-state index is 8.64. The Morgan fingerprint density at radius 1 is 1.70 bits per heavy atom. The van der Waals surface area contributed by atoms with E-state index in [0.29, 0.717) is 0 Å². The molecule has 60 valence electrons. The van der Waals surface area contributed by atoms with Crippen LogP contribution in [-0.4, -0.2) is 30.8 Å². The lowest BCUT2D eigenvalue weighted by Gasteiger charge is -2.15. The van der Waals surface area contributed by atoms with Crippen molar-refractivity contribution < 1.29 is 5.11 Å². The number of hydrogen-bond acceptors (Lipinski definition) is 4. The van der Waals surface area contributed by atoms with Crippen LogP contribution >= 0.6 is 0 Å². The summed E-state index contributed by atoms with van der Waals surface area (Å²) in [4.78, 5) is 1.71. The van der Waals surface area contributed by atoms with Crippen LogP contribution in [0.5, 0.6) is 0 Å². The number of rotatable bonds is 4. The summed E-state index contributed by atoms with van der Waals surface area (Å²) < 4.78 is 0. The molecule has 0 radical (unpaired) electrons. The van der Waals surface area contributed by atoms with Gasteiger partial charge < -0.3 is 15.4 Å². The van der Waals surface area contributed by atoms with Gasteiger partial charge in [-0.1, -0.05) is 0 Å². The highest BCUT2D eigenvalue weighted by atomic mass is 16.3. The Morgan fingerprint density at radius 2 is 2.30 bits per heavy atom. The normalized spacial score (nSPS) is 11.4. The molecule has 0 aromatic carbocycles. The van der Waals surface area contributed by atoms with Crippen molar-refractivity contribution in [1.82, 2.24) is 15.8 Å². The highest BCUT2D eigenvalue weighted by Crippen LogP contribution is 1.94. The molecule has 0 aliphatic rings. The topological polar surface area (TPSA) is 47.5 Å². The number of allylic oxidation sites excluding steroid dienone is 1. The standard InChI is InChI=1S/C6H15N3O/c1-6(4-8-7-2)9(3)5-10/h4,7-8,10H,5H2,1-3H3/b6-4-. The zero-order valence-corrected chi connectivity index (χ0v) is 6.68. The van der Waals surface area contributed by atoms with Crippen LogP contribution in [0.4, 0.5) is 0 Å². The molecule has 0 aromatic heterocycles. The summed E-state index contributed by atoms with van der Waals surface area (Å²) in [6.07, 6.45) is 1.77. The first kappa shape index (κ1) is 9.26. The fourth-order valence-corrected chi connectivity index (χ4v) is 0.398. The molecule has 0 saturated heterocycles. The van der Waals surface area contributed by atoms with E-state index in [2.05, 4.69) is 10.9 Å². The molecule has 0 unspecified atom stereocenters. The maximum Gasteiger partial charge on any atom is 0.115 e. The second-order valence-electron chi connectivity index (χ2n) is 2.02. The molecule has 0 amide bonds. The number of hydrazine groups is 1. The molecule has 4 heteroatoms. The Labute approximate surface area is 61.5 Å². The predicted octanol–water partition coefficient (Wildman–Crippen LogP) is -0.547. The van der Waals surface area contributed by atoms with Gasteiger partial charge in [-0.2, -0.15) is 0 Å². The van der Waals surface area contributed by atoms with Crippen molar-refractivity contribution in [2.75, 3.05) is 20.8 Å². The minimum Gasteiger partial charge on any atom is -0.376 e. The molecule has 0 aromatic rings. The van der Waals surface area contributed by atoms with E-state index in [9.17, 15) is 0 Å². The van der Waals surface area contributed by atoms with E-state index in [0.717, 1.165) is 5.70 Å². The van der Waals surface area contributed by atoms with Gasteiger partial charge in [-0.3, -0.25) is 0 Å². The number of nitrogens with one attached hydrogen (secondary N) is 2. The second kappa shape index (κ2) is 5.08. The minimum absolute atomic E-state index is 0.0354. The summed E-state index contributed by atoms with van der Waals surface area (Å²) in [6.45, 7) is 1.94. The molecule has 4 nitrogen and oxygen atoms in total. The quantitative estimate of drug-likeness (QED) is 0.367. The van der Waals surface area contributed by atoms with Gasteiger partial charge in [-0.25, -0.2) is 5.43 Å². The average molecular weight is 145 g/mol. The summed E-state index contributed by atoms with van der Waals surface area (Å²) in [5.74, 6) is 0. The van der Waals surface area contributed by atoms with E-state index < -0.39 is 0 Å². The SMILES string of the molecule is CNN/C=C(/C)N(C)CO. The molecule has 0 heterocycles. The van der Waals surface area contributed by atoms with E-state index in [1.54, 1.807) is 18.1 Å². The Bertz CT molecular complexity index is 114. The molecular weight excluding hydrogens is 130 g/mol. The van der Waals surface area contributed by atoms with Crippen LogP contribution in [0.1, 0.15) is 6.92 Å². The largest absolute Gasteiger partial charge is 0.376 e. The first-order valence-electron chi connectivity index (χ1n) is 3.13. The molecule has 0 bridgehead atoms. The van der Waals surface area contributed by atoms with E-state index in [-0.39, 0.29) is 6.73 Å². The van der Waals surface area contributed by atoms with Gasteiger partial charge in [0.2, 0.25) is 0 Å². The summed E-state index contributed by atoms with van der Waals surface area (Å²) in [7, 11) is 3.59. The van der Waals surface area contributed by atoms with Crippen LogP contribution in [0.3, 0.4) is 0 Å². The highest BCUT2D eigenvalue weighted by molar-refractivity contribution is 4.92. The highest BCUT2D eigenvalue weighted by Gasteiger charge is 1.92. The number of aliphatic hydroxyl groups is 1. The van der Waals surface area contributed by atoms with Crippen LogP contribution in [0.2, 0.25) is 0 Å². The fraction of sp³-hybridized carbons (Fsp3) is 0.667. The van der Waals surface area contributed by atoms with E-state index in [4.69, 9.17) is 5.11 Å². The van der Waals surface area contributed by atoms with E-state index in [1.165, 1.54) is 0 Å². The molecule has 0 aliphatic heterocycles. The third-order valence-corrected chi connectivity index (χ3v) is 1.24. The zero-order chi connectivity index (χ0) is 7.98. The molecule has 0 atom stereocenters. The Hall–Kier alpha value is -0.740. The average Bonchev–Trinajstić information content (AvgIpc) is 1.98. The molecule has 0 aliphatic carbocycles. The van der Waals surface area contributed by atoms with E-state index >= 15 is 0 Å². The van der Waals surface area contributed by atoms with Gasteiger partial charge in [-0.15, -0.1) is 0 Å². The number of aliphatic hydroxyl groups excluding tert-OH is 1. The maximum absolute atomic E-state index is 8.64. The van der Waals surface area contributed by atoms with Crippen molar-refractivity contribution in [3.8, 4) is 0 Å². The molecule has 0 fully saturated rings. The van der Waals surface area contributed by atoms with Crippen LogP contribution in [0.15, 0.2) is 11.9 Å². The lowest BCUT2D eigenvalue weighted by Crippen LogP contribution is -2.25. The minimum atomic E-state index is 0.0354. The lowest BCUT2D eigenvalue weighted by molar-refractivity contribution is 0.163. The van der Waals surface area contributed by atoms with Gasteiger partial charge in [0.1, 0.15) is 6.73 Å². The molecule has 0 spiro atoms. The zero-order valence-electron chi connectivity index (χ0n) is 6.68. The Morgan fingerprint density at radius 3 is 2.70 bits per heavy atom. The van der Waals surface area contributed by atoms with Gasteiger partial charge in [0.15, 0.2) is 0 Å². The smallest absolute Gasteiger partial charge is 0.115 e. The third-order valence-electron chi connectivity index (χ3n) is 1.24. The Kier molecular flexibility index (Phi) is 4.70. The van der Waals surface area contributed by atoms with Crippen LogP contribution in [0, 0.1) is 0 Å². The molecular formula is C6H15N3O. The van der Waals surface area contributed by atoms with Crippen molar-refractivity contribution in [3.63, 3.8) is 0 Å². The Balaban J connectivity index is 3.67. The van der Waals surface area contributed by atoms with Crippen molar-refractivity contribution >= 4 is 0 Å². The van der Waals surface area contributed by atoms with Gasteiger partial charge >= 0.3 is 0 Å². The van der Waals surface area contributed by atoms with Crippen molar-refractivity contribution in [2.45, 2.75) is 6.92 Å². The van der Waals surface area contributed by atoms with Crippen LogP contribution in [0.25, 0.3) is 0 Å². The molecule has 0 saturated carbocycles. The fourth-order valence-electron chi connectivity index (χ4n) is 0.398. The van der Waals surface area contributed by atoms with Crippen LogP contribution in [-0.2, 0) is 0 Å². The second-order valence-corrected chi connectivity index (χ2v) is 2.02. The van der Waals surface area contributed by atoms with Gasteiger partial charge in [-0.05, 0) is 6.92 Å². The van der Waals surface area contributed by atoms with Crippen molar-refractivity contribution in [1.29, 1.82) is 0 Å². The van der Waals surface area contributed by atoms with E-state index in [1.807, 2.05) is 14.0 Å². The predicted molar refractivity (Wildman–Crippen MR) is 40.8 cm³/mol. The third kappa shape index (κ3) is 3.32. The monoisotopic (exact) mass is 145 g/mol. The van der Waals surface area contributed by atoms with Crippen molar-refractivity contribution in [2.24, 2.45) is 0 Å². The summed E-state index contributed by atoms with van der Waals surface area (Å²) in [6, 6.07) is 0. The van der Waals surface area contributed by atoms with Gasteiger partial charge in [0.25, 0.3) is 0 Å². The summed E-state index contributed by atoms with van der Waals surface area (Å²) in [5.41, 5.74) is 6.51. The number of hydrogen-bond donors (Lipinski definition) is 3. The molecule has 3 N–H and O–H groups in total. The lowest BCUT2D eigenvalue weighted by atomic mass is 10.5. The summed E-state index contributed by atoms with van der Waals surface area (Å²) in [5, 5.41) is 8.64. The first-order valence-corrected chi connectivity index (χ1v) is 3.13. The number of nitrogens with zero attached hydrogens (tertiary/aromatic N) is 1. The molecule has 10 heavy (non-hydrogen) atoms. The summed E-state index contributed by atoms with van der Waals surface area (Å²) >= 11 is 0. The van der Waals surface area contributed by atoms with Gasteiger partial charge in [0.05, 0.1) is 0 Å². The van der Waals surface area contributed by atoms with Crippen LogP contribution < -0.4 is 10.9 Å². The van der Waals surface area contributed by atoms with Gasteiger partial charge in [0, 0.05) is 26.0 Å². The molecule has 0 rings (SSSR count).